The van der Waals surface area contributed by atoms with Crippen molar-refractivity contribution >= 4 is 17.1 Å². The standard InChI is InChI=1S/C12H16N4O/c1-3-17-11-6-4-5-10(12(11)13)15-9-7-14-16(2)8-9/h4-8,15H,3,13H2,1-2H3. The fourth-order valence-corrected chi connectivity index (χ4v) is 1.58. The predicted octanol–water partition coefficient (Wildman–Crippen LogP) is 2.14. The molecular formula is C12H16N4O. The summed E-state index contributed by atoms with van der Waals surface area (Å²) in [5.41, 5.74) is 8.34. The highest BCUT2D eigenvalue weighted by Crippen LogP contribution is 2.31. The number of para-hydroxylation sites is 1. The summed E-state index contributed by atoms with van der Waals surface area (Å²) in [5, 5.41) is 7.29. The monoisotopic (exact) mass is 232 g/mol. The third kappa shape index (κ3) is 2.50. The Balaban J connectivity index is 2.23. The largest absolute Gasteiger partial charge is 0.492 e. The van der Waals surface area contributed by atoms with Gasteiger partial charge in [-0.3, -0.25) is 4.68 Å². The van der Waals surface area contributed by atoms with Gasteiger partial charge in [-0.15, -0.1) is 0 Å². The Labute approximate surface area is 100 Å². The smallest absolute Gasteiger partial charge is 0.144 e. The van der Waals surface area contributed by atoms with Crippen LogP contribution in [-0.4, -0.2) is 16.4 Å². The lowest BCUT2D eigenvalue weighted by molar-refractivity contribution is 0.342. The van der Waals surface area contributed by atoms with Gasteiger partial charge in [-0.1, -0.05) is 6.07 Å². The Morgan fingerprint density at radius 1 is 1.47 bits per heavy atom. The van der Waals surface area contributed by atoms with Crippen LogP contribution in [0.5, 0.6) is 5.75 Å². The summed E-state index contributed by atoms with van der Waals surface area (Å²) in [6.07, 6.45) is 3.62. The second-order valence-corrected chi connectivity index (χ2v) is 3.68. The molecule has 2 aromatic rings. The lowest BCUT2D eigenvalue weighted by atomic mass is 10.2. The van der Waals surface area contributed by atoms with E-state index in [1.807, 2.05) is 38.4 Å². The Bertz CT molecular complexity index is 507. The number of nitrogens with one attached hydrogen (secondary N) is 1. The predicted molar refractivity (Wildman–Crippen MR) is 68.5 cm³/mol. The van der Waals surface area contributed by atoms with Crippen LogP contribution in [0.1, 0.15) is 6.92 Å². The molecule has 0 saturated heterocycles. The van der Waals surface area contributed by atoms with Gasteiger partial charge in [0.05, 0.1) is 29.9 Å². The van der Waals surface area contributed by atoms with Crippen LogP contribution in [0.25, 0.3) is 0 Å². The van der Waals surface area contributed by atoms with E-state index in [0.29, 0.717) is 18.0 Å². The van der Waals surface area contributed by atoms with Crippen LogP contribution < -0.4 is 15.8 Å². The molecule has 1 aromatic heterocycles. The SMILES string of the molecule is CCOc1cccc(Nc2cnn(C)c2)c1N. The molecule has 2 rings (SSSR count). The van der Waals surface area contributed by atoms with Crippen molar-refractivity contribution in [3.8, 4) is 5.75 Å². The van der Waals surface area contributed by atoms with Crippen molar-refractivity contribution in [2.45, 2.75) is 6.92 Å². The van der Waals surface area contributed by atoms with Gasteiger partial charge in [0.15, 0.2) is 0 Å². The minimum atomic E-state index is 0.598. The molecule has 0 unspecified atom stereocenters. The molecule has 90 valence electrons. The Hall–Kier alpha value is -2.17. The number of benzene rings is 1. The first-order valence-electron chi connectivity index (χ1n) is 5.47. The van der Waals surface area contributed by atoms with Crippen LogP contribution in [0.4, 0.5) is 17.1 Å². The molecular weight excluding hydrogens is 216 g/mol. The Kier molecular flexibility index (Phi) is 3.18. The number of rotatable bonds is 4. The van der Waals surface area contributed by atoms with Gasteiger partial charge >= 0.3 is 0 Å². The van der Waals surface area contributed by atoms with Gasteiger partial charge in [0.25, 0.3) is 0 Å². The maximum atomic E-state index is 6.01. The molecule has 0 aliphatic rings. The average molecular weight is 232 g/mol. The first kappa shape index (κ1) is 11.3. The Morgan fingerprint density at radius 3 is 2.94 bits per heavy atom. The topological polar surface area (TPSA) is 65.1 Å². The summed E-state index contributed by atoms with van der Waals surface area (Å²) < 4.78 is 7.16. The molecule has 0 radical (unpaired) electrons. The van der Waals surface area contributed by atoms with Crippen molar-refractivity contribution in [3.05, 3.63) is 30.6 Å². The van der Waals surface area contributed by atoms with Gasteiger partial charge in [0.2, 0.25) is 0 Å². The molecule has 1 heterocycles. The molecule has 17 heavy (non-hydrogen) atoms. The van der Waals surface area contributed by atoms with Gasteiger partial charge in [-0.25, -0.2) is 0 Å². The number of nitrogens with two attached hydrogens (primary N) is 1. The minimum Gasteiger partial charge on any atom is -0.492 e. The van der Waals surface area contributed by atoms with Crippen molar-refractivity contribution < 1.29 is 4.74 Å². The number of ether oxygens (including phenoxy) is 1. The molecule has 1 aromatic carbocycles. The zero-order valence-electron chi connectivity index (χ0n) is 9.97. The van der Waals surface area contributed by atoms with Crippen LogP contribution in [0.15, 0.2) is 30.6 Å². The van der Waals surface area contributed by atoms with Crippen LogP contribution in [0, 0.1) is 0 Å². The van der Waals surface area contributed by atoms with Crippen LogP contribution in [0.2, 0.25) is 0 Å². The lowest BCUT2D eigenvalue weighted by Crippen LogP contribution is -2.00. The quantitative estimate of drug-likeness (QED) is 0.793. The maximum absolute atomic E-state index is 6.01. The first-order chi connectivity index (χ1) is 8.20. The van der Waals surface area contributed by atoms with E-state index in [2.05, 4.69) is 10.4 Å². The molecule has 0 bridgehead atoms. The fourth-order valence-electron chi connectivity index (χ4n) is 1.58. The van der Waals surface area contributed by atoms with Crippen molar-refractivity contribution in [2.24, 2.45) is 7.05 Å². The summed E-state index contributed by atoms with van der Waals surface area (Å²) in [6.45, 7) is 2.53. The first-order valence-corrected chi connectivity index (χ1v) is 5.47. The number of nitrogen functional groups attached to an aromatic ring is 1. The Morgan fingerprint density at radius 2 is 2.29 bits per heavy atom. The van der Waals surface area contributed by atoms with E-state index in [1.165, 1.54) is 0 Å². The minimum absolute atomic E-state index is 0.598. The number of aromatic nitrogens is 2. The van der Waals surface area contributed by atoms with Crippen molar-refractivity contribution in [1.82, 2.24) is 9.78 Å². The molecule has 0 amide bonds. The van der Waals surface area contributed by atoms with E-state index in [9.17, 15) is 0 Å². The molecule has 5 nitrogen and oxygen atoms in total. The molecule has 0 fully saturated rings. The van der Waals surface area contributed by atoms with E-state index in [-0.39, 0.29) is 0 Å². The molecule has 5 heteroatoms. The van der Waals surface area contributed by atoms with Crippen molar-refractivity contribution in [2.75, 3.05) is 17.7 Å². The summed E-state index contributed by atoms with van der Waals surface area (Å²) in [6, 6.07) is 5.66. The van der Waals surface area contributed by atoms with E-state index in [4.69, 9.17) is 10.5 Å². The summed E-state index contributed by atoms with van der Waals surface area (Å²) in [5.74, 6) is 0.696. The number of aryl methyl sites for hydroxylation is 1. The van der Waals surface area contributed by atoms with Gasteiger partial charge < -0.3 is 15.8 Å². The number of nitrogens with zero attached hydrogens (tertiary/aromatic N) is 2. The van der Waals surface area contributed by atoms with Gasteiger partial charge in [-0.2, -0.15) is 5.10 Å². The normalized spacial score (nSPS) is 10.2. The second kappa shape index (κ2) is 4.78. The average Bonchev–Trinajstić information content (AvgIpc) is 2.70. The van der Waals surface area contributed by atoms with Gasteiger partial charge in [0.1, 0.15) is 5.75 Å². The van der Waals surface area contributed by atoms with E-state index >= 15 is 0 Å². The summed E-state index contributed by atoms with van der Waals surface area (Å²) in [7, 11) is 1.87. The van der Waals surface area contributed by atoms with Gasteiger partial charge in [-0.05, 0) is 19.1 Å². The van der Waals surface area contributed by atoms with E-state index in [1.54, 1.807) is 10.9 Å². The number of hydrogen-bond acceptors (Lipinski definition) is 4. The zero-order chi connectivity index (χ0) is 12.3. The van der Waals surface area contributed by atoms with Crippen LogP contribution in [0.3, 0.4) is 0 Å². The summed E-state index contributed by atoms with van der Waals surface area (Å²) >= 11 is 0. The fraction of sp³-hybridized carbons (Fsp3) is 0.250. The lowest BCUT2D eigenvalue weighted by Gasteiger charge is -2.11. The third-order valence-corrected chi connectivity index (χ3v) is 2.35. The molecule has 0 spiro atoms. The van der Waals surface area contributed by atoms with Crippen molar-refractivity contribution in [3.63, 3.8) is 0 Å². The molecule has 0 atom stereocenters. The van der Waals surface area contributed by atoms with E-state index < -0.39 is 0 Å². The number of anilines is 3. The van der Waals surface area contributed by atoms with Crippen LogP contribution >= 0.6 is 0 Å². The maximum Gasteiger partial charge on any atom is 0.144 e. The highest BCUT2D eigenvalue weighted by atomic mass is 16.5. The highest BCUT2D eigenvalue weighted by Gasteiger charge is 2.06. The second-order valence-electron chi connectivity index (χ2n) is 3.68. The molecule has 3 N–H and O–H groups in total. The third-order valence-electron chi connectivity index (χ3n) is 2.35. The molecule has 0 aliphatic carbocycles. The zero-order valence-corrected chi connectivity index (χ0v) is 9.97. The highest BCUT2D eigenvalue weighted by molar-refractivity contribution is 5.77. The number of hydrogen-bond donors (Lipinski definition) is 2. The summed E-state index contributed by atoms with van der Waals surface area (Å²) in [4.78, 5) is 0. The van der Waals surface area contributed by atoms with Crippen LogP contribution in [-0.2, 0) is 7.05 Å². The molecule has 0 saturated carbocycles. The van der Waals surface area contributed by atoms with E-state index in [0.717, 1.165) is 11.4 Å². The molecule has 0 aliphatic heterocycles. The van der Waals surface area contributed by atoms with Gasteiger partial charge in [0, 0.05) is 13.2 Å². The van der Waals surface area contributed by atoms with Crippen molar-refractivity contribution in [1.29, 1.82) is 0 Å².